The smallest absolute Gasteiger partial charge is 0.255 e. The maximum absolute atomic E-state index is 12.3. The Morgan fingerprint density at radius 3 is 2.32 bits per heavy atom. The second-order valence-corrected chi connectivity index (χ2v) is 5.46. The summed E-state index contributed by atoms with van der Waals surface area (Å²) in [5, 5.41) is 15.0. The third-order valence-electron chi connectivity index (χ3n) is 3.55. The van der Waals surface area contributed by atoms with Gasteiger partial charge in [0.1, 0.15) is 0 Å². The molecule has 0 saturated carbocycles. The Bertz CT molecular complexity index is 688. The summed E-state index contributed by atoms with van der Waals surface area (Å²) in [4.78, 5) is 12.3. The van der Waals surface area contributed by atoms with Crippen LogP contribution in [-0.4, -0.2) is 16.8 Å². The van der Waals surface area contributed by atoms with Gasteiger partial charge in [0.15, 0.2) is 0 Å². The zero-order chi connectivity index (χ0) is 16.1. The van der Waals surface area contributed by atoms with Crippen molar-refractivity contribution in [2.24, 2.45) is 5.16 Å². The fourth-order valence-electron chi connectivity index (χ4n) is 2.18. The summed E-state index contributed by atoms with van der Waals surface area (Å²) in [6.07, 6.45) is 0. The van der Waals surface area contributed by atoms with Gasteiger partial charge in [-0.2, -0.15) is 0 Å². The van der Waals surface area contributed by atoms with E-state index in [2.05, 4.69) is 24.3 Å². The highest BCUT2D eigenvalue weighted by Crippen LogP contribution is 2.19. The van der Waals surface area contributed by atoms with Crippen molar-refractivity contribution in [2.45, 2.75) is 26.7 Å². The molecule has 0 atom stereocenters. The molecule has 2 rings (SSSR count). The Morgan fingerprint density at radius 2 is 1.73 bits per heavy atom. The summed E-state index contributed by atoms with van der Waals surface area (Å²) in [7, 11) is 0. The number of nitrogens with one attached hydrogen (secondary N) is 1. The van der Waals surface area contributed by atoms with Crippen molar-refractivity contribution in [3.05, 3.63) is 65.2 Å². The molecule has 0 saturated heterocycles. The van der Waals surface area contributed by atoms with Crippen LogP contribution < -0.4 is 5.32 Å². The van der Waals surface area contributed by atoms with Crippen LogP contribution in [0.25, 0.3) is 0 Å². The molecule has 4 heteroatoms. The topological polar surface area (TPSA) is 61.7 Å². The van der Waals surface area contributed by atoms with Crippen LogP contribution in [0.5, 0.6) is 0 Å². The normalized spacial score (nSPS) is 11.5. The lowest BCUT2D eigenvalue weighted by molar-refractivity contribution is 0.102. The van der Waals surface area contributed by atoms with Crippen molar-refractivity contribution in [1.82, 2.24) is 0 Å². The summed E-state index contributed by atoms with van der Waals surface area (Å²) in [6, 6.07) is 14.8. The molecule has 0 spiro atoms. The molecule has 1 amide bonds. The number of hydrogen-bond acceptors (Lipinski definition) is 3. The number of oxime groups is 1. The molecule has 2 N–H and O–H groups in total. The number of amides is 1. The third kappa shape index (κ3) is 3.52. The fraction of sp³-hybridized carbons (Fsp3) is 0.222. The van der Waals surface area contributed by atoms with Crippen molar-refractivity contribution >= 4 is 17.3 Å². The van der Waals surface area contributed by atoms with E-state index in [1.165, 1.54) is 5.56 Å². The molecule has 114 valence electrons. The summed E-state index contributed by atoms with van der Waals surface area (Å²) < 4.78 is 0. The summed E-state index contributed by atoms with van der Waals surface area (Å²) in [5.74, 6) is 0.245. The molecule has 0 heterocycles. The van der Waals surface area contributed by atoms with Gasteiger partial charge in [-0.15, -0.1) is 0 Å². The van der Waals surface area contributed by atoms with Gasteiger partial charge in [0.05, 0.1) is 11.4 Å². The zero-order valence-corrected chi connectivity index (χ0v) is 13.0. The highest BCUT2D eigenvalue weighted by atomic mass is 16.4. The van der Waals surface area contributed by atoms with E-state index in [1.807, 2.05) is 36.4 Å². The van der Waals surface area contributed by atoms with E-state index >= 15 is 0 Å². The second-order valence-electron chi connectivity index (χ2n) is 5.46. The molecule has 0 unspecified atom stereocenters. The number of rotatable bonds is 4. The average Bonchev–Trinajstić information content (AvgIpc) is 2.54. The number of nitrogens with zero attached hydrogens (tertiary/aromatic N) is 1. The van der Waals surface area contributed by atoms with Crippen LogP contribution in [0.15, 0.2) is 53.7 Å². The van der Waals surface area contributed by atoms with E-state index in [1.54, 1.807) is 19.1 Å². The van der Waals surface area contributed by atoms with Crippen LogP contribution in [0.3, 0.4) is 0 Å². The number of anilines is 1. The largest absolute Gasteiger partial charge is 0.411 e. The van der Waals surface area contributed by atoms with E-state index in [9.17, 15) is 4.79 Å². The Balaban J connectivity index is 2.22. The first-order valence-electron chi connectivity index (χ1n) is 7.22. The van der Waals surface area contributed by atoms with Crippen LogP contribution in [0.1, 0.15) is 48.2 Å². The van der Waals surface area contributed by atoms with Crippen LogP contribution in [0, 0.1) is 0 Å². The van der Waals surface area contributed by atoms with Crippen molar-refractivity contribution < 1.29 is 10.0 Å². The van der Waals surface area contributed by atoms with E-state index in [4.69, 9.17) is 5.21 Å². The van der Waals surface area contributed by atoms with Gasteiger partial charge in [0, 0.05) is 11.1 Å². The van der Waals surface area contributed by atoms with Gasteiger partial charge in [-0.3, -0.25) is 4.79 Å². The van der Waals surface area contributed by atoms with E-state index in [0.717, 1.165) is 0 Å². The van der Waals surface area contributed by atoms with Gasteiger partial charge in [0.25, 0.3) is 5.91 Å². The molecular formula is C18H20N2O2. The van der Waals surface area contributed by atoms with E-state index in [-0.39, 0.29) is 5.91 Å². The van der Waals surface area contributed by atoms with Gasteiger partial charge < -0.3 is 10.5 Å². The lowest BCUT2D eigenvalue weighted by atomic mass is 10.0. The first-order chi connectivity index (χ1) is 10.5. The minimum Gasteiger partial charge on any atom is -0.411 e. The fourth-order valence-corrected chi connectivity index (χ4v) is 2.18. The van der Waals surface area contributed by atoms with Gasteiger partial charge in [-0.25, -0.2) is 0 Å². The van der Waals surface area contributed by atoms with Gasteiger partial charge in [-0.1, -0.05) is 49.3 Å². The molecule has 22 heavy (non-hydrogen) atoms. The van der Waals surface area contributed by atoms with Crippen LogP contribution in [-0.2, 0) is 0 Å². The molecule has 2 aromatic carbocycles. The van der Waals surface area contributed by atoms with Crippen LogP contribution in [0.4, 0.5) is 5.69 Å². The quantitative estimate of drug-likeness (QED) is 0.503. The number of benzene rings is 2. The molecule has 0 radical (unpaired) electrons. The van der Waals surface area contributed by atoms with Crippen molar-refractivity contribution in [3.8, 4) is 0 Å². The second kappa shape index (κ2) is 6.89. The number of carbonyl (C=O) groups is 1. The lowest BCUT2D eigenvalue weighted by Crippen LogP contribution is -2.14. The molecule has 4 nitrogen and oxygen atoms in total. The zero-order valence-electron chi connectivity index (χ0n) is 13.0. The van der Waals surface area contributed by atoms with Gasteiger partial charge >= 0.3 is 0 Å². The van der Waals surface area contributed by atoms with E-state index < -0.39 is 0 Å². The Labute approximate surface area is 130 Å². The first-order valence-corrected chi connectivity index (χ1v) is 7.22. The van der Waals surface area contributed by atoms with Crippen LogP contribution >= 0.6 is 0 Å². The predicted octanol–water partition coefficient (Wildman–Crippen LogP) is 4.26. The molecule has 0 aliphatic carbocycles. The average molecular weight is 296 g/mol. The van der Waals surface area contributed by atoms with Crippen LogP contribution in [0.2, 0.25) is 0 Å². The van der Waals surface area contributed by atoms with Crippen molar-refractivity contribution in [2.75, 3.05) is 5.32 Å². The first kappa shape index (κ1) is 15.8. The summed E-state index contributed by atoms with van der Waals surface area (Å²) >= 11 is 0. The molecule has 0 fully saturated rings. The predicted molar refractivity (Wildman–Crippen MR) is 88.9 cm³/mol. The summed E-state index contributed by atoms with van der Waals surface area (Å²) in [6.45, 7) is 5.91. The molecule has 2 aromatic rings. The van der Waals surface area contributed by atoms with Crippen molar-refractivity contribution in [3.63, 3.8) is 0 Å². The molecule has 0 bridgehead atoms. The SMILES string of the molecule is C/C(=N\O)c1ccccc1NC(=O)c1ccc(C(C)C)cc1. The number of para-hydroxylation sites is 1. The van der Waals surface area contributed by atoms with E-state index in [0.29, 0.717) is 28.4 Å². The van der Waals surface area contributed by atoms with Gasteiger partial charge in [0.2, 0.25) is 0 Å². The molecule has 0 aromatic heterocycles. The standard InChI is InChI=1S/C18H20N2O2/c1-12(2)14-8-10-15(11-9-14)18(21)19-17-7-5-4-6-16(17)13(3)20-22/h4-12,22H,1-3H3,(H,19,21)/b20-13+. The van der Waals surface area contributed by atoms with Crippen molar-refractivity contribution in [1.29, 1.82) is 0 Å². The number of carbonyl (C=O) groups excluding carboxylic acids is 1. The highest BCUT2D eigenvalue weighted by molar-refractivity contribution is 6.10. The third-order valence-corrected chi connectivity index (χ3v) is 3.55. The lowest BCUT2D eigenvalue weighted by Gasteiger charge is -2.11. The maximum Gasteiger partial charge on any atom is 0.255 e. The minimum atomic E-state index is -0.187. The minimum absolute atomic E-state index is 0.187. The molecule has 0 aliphatic rings. The summed E-state index contributed by atoms with van der Waals surface area (Å²) in [5.41, 5.74) is 3.55. The highest BCUT2D eigenvalue weighted by Gasteiger charge is 2.11. The molecular weight excluding hydrogens is 276 g/mol. The molecule has 0 aliphatic heterocycles. The monoisotopic (exact) mass is 296 g/mol. The Kier molecular flexibility index (Phi) is 4.94. The maximum atomic E-state index is 12.3. The van der Waals surface area contributed by atoms with Gasteiger partial charge in [-0.05, 0) is 36.6 Å². The Morgan fingerprint density at radius 1 is 1.09 bits per heavy atom. The Hall–Kier alpha value is -2.62. The number of hydrogen-bond donors (Lipinski definition) is 2.